The van der Waals surface area contributed by atoms with E-state index in [0.29, 0.717) is 0 Å². The Kier molecular flexibility index (Phi) is 17.8. The summed E-state index contributed by atoms with van der Waals surface area (Å²) in [6.07, 6.45) is 29.7. The fraction of sp³-hybridized carbons (Fsp3) is 1.00. The van der Waals surface area contributed by atoms with Crippen molar-refractivity contribution >= 4 is 26.3 Å². The van der Waals surface area contributed by atoms with E-state index in [-0.39, 0.29) is 0 Å². The summed E-state index contributed by atoms with van der Waals surface area (Å²) >= 11 is 3.15. The molecule has 0 heterocycles. The number of halogens is 1. The molecule has 0 N–H and O–H groups in total. The van der Waals surface area contributed by atoms with Crippen LogP contribution in [0.4, 0.5) is 0 Å². The van der Waals surface area contributed by atoms with Crippen molar-refractivity contribution in [1.82, 2.24) is 0 Å². The Bertz CT molecular complexity index is 243. The summed E-state index contributed by atoms with van der Waals surface area (Å²) in [6.45, 7) is 9.41. The molecule has 0 amide bonds. The average molecular weight is 499 g/mol. The second-order valence-electron chi connectivity index (χ2n) is 8.96. The molecule has 0 aromatic heterocycles. The summed E-state index contributed by atoms with van der Waals surface area (Å²) in [4.78, 5) is 0. The zero-order valence-corrected chi connectivity index (χ0v) is 22.0. The van der Waals surface area contributed by atoms with Gasteiger partial charge in [0.25, 0.3) is 0 Å². The Morgan fingerprint density at radius 3 is 0.808 bits per heavy atom. The van der Waals surface area contributed by atoms with Crippen LogP contribution in [0, 0.1) is 0 Å². The van der Waals surface area contributed by atoms with Gasteiger partial charge >= 0.3 is 181 Å². The monoisotopic (exact) mass is 498 g/mol. The van der Waals surface area contributed by atoms with Crippen molar-refractivity contribution in [2.24, 2.45) is 0 Å². The van der Waals surface area contributed by atoms with Gasteiger partial charge in [0.1, 0.15) is 0 Å². The Labute approximate surface area is 180 Å². The molecule has 0 fully saturated rings. The Balaban J connectivity index is 4.94. The van der Waals surface area contributed by atoms with Crippen LogP contribution in [0.3, 0.4) is 0 Å². The van der Waals surface area contributed by atoms with E-state index >= 15 is 0 Å². The average Bonchev–Trinajstić information content (AvgIpc) is 2.64. The Morgan fingerprint density at radius 1 is 0.385 bits per heavy atom. The molecule has 0 spiro atoms. The van der Waals surface area contributed by atoms with Crippen molar-refractivity contribution in [3.05, 3.63) is 0 Å². The van der Waals surface area contributed by atoms with Crippen LogP contribution in [0.5, 0.6) is 0 Å². The number of unbranched alkanes of at least 4 members (excludes halogenated alkanes) is 12. The van der Waals surface area contributed by atoms with Crippen molar-refractivity contribution in [2.45, 2.75) is 130 Å². The molecule has 2 heteroatoms. The molecule has 0 aromatic carbocycles. The topological polar surface area (TPSA) is 0 Å². The van der Waals surface area contributed by atoms with E-state index in [1.807, 2.05) is 0 Å². The number of hydrogen-bond acceptors (Lipinski definition) is 0. The van der Waals surface area contributed by atoms with E-state index in [1.54, 1.807) is 24.6 Å². The predicted molar refractivity (Wildman–Crippen MR) is 137 cm³/mol. The van der Waals surface area contributed by atoms with Crippen molar-refractivity contribution in [3.63, 3.8) is 0 Å². The first-order valence-corrected chi connectivity index (χ1v) is 18.0. The zero-order chi connectivity index (χ0) is 19.6. The summed E-state index contributed by atoms with van der Waals surface area (Å²) < 4.78 is -1.52. The molecule has 0 saturated carbocycles. The van der Waals surface area contributed by atoms with Crippen molar-refractivity contribution < 1.29 is 0 Å². The summed E-state index contributed by atoms with van der Waals surface area (Å²) in [5.41, 5.74) is 0. The normalized spacial score (nSPS) is 13.7. The van der Waals surface area contributed by atoms with E-state index < -0.39 is 4.25 Å². The molecule has 26 heavy (non-hydrogen) atoms. The van der Waals surface area contributed by atoms with Crippen LogP contribution >= 0.6 is 26.3 Å². The third kappa shape index (κ3) is 13.4. The molecule has 0 aliphatic rings. The fourth-order valence-corrected chi connectivity index (χ4v) is 13.9. The summed E-state index contributed by atoms with van der Waals surface area (Å²) in [6, 6.07) is 0. The number of hydrogen-bond donors (Lipinski definition) is 0. The molecule has 0 nitrogen and oxygen atoms in total. The quantitative estimate of drug-likeness (QED) is 0.0890. The maximum atomic E-state index is 3.15. The molecule has 0 aliphatic heterocycles. The SMILES string of the molecule is CCCCCCP(I)(CCCCCC)(CCCCCC)CCCCCC. The van der Waals surface area contributed by atoms with Crippen LogP contribution in [-0.2, 0) is 0 Å². The van der Waals surface area contributed by atoms with Gasteiger partial charge in [0.2, 0.25) is 0 Å². The van der Waals surface area contributed by atoms with Crippen LogP contribution in [-0.4, -0.2) is 24.6 Å². The van der Waals surface area contributed by atoms with Gasteiger partial charge in [-0.15, -0.1) is 0 Å². The summed E-state index contributed by atoms with van der Waals surface area (Å²) in [5, 5.41) is 0. The molecule has 0 saturated heterocycles. The first kappa shape index (κ1) is 27.2. The minimum atomic E-state index is -1.52. The van der Waals surface area contributed by atoms with E-state index in [1.165, 1.54) is 103 Å². The second-order valence-corrected chi connectivity index (χ2v) is 22.6. The summed E-state index contributed by atoms with van der Waals surface area (Å²) in [7, 11) is 0. The van der Waals surface area contributed by atoms with Crippen LogP contribution in [0.2, 0.25) is 0 Å². The molecule has 0 rings (SSSR count). The fourth-order valence-electron chi connectivity index (χ4n) is 4.41. The molecule has 0 aliphatic carbocycles. The van der Waals surface area contributed by atoms with Crippen molar-refractivity contribution in [2.75, 3.05) is 24.6 Å². The number of rotatable bonds is 20. The van der Waals surface area contributed by atoms with Crippen LogP contribution in [0.25, 0.3) is 0 Å². The van der Waals surface area contributed by atoms with Gasteiger partial charge < -0.3 is 0 Å². The molecule has 0 bridgehead atoms. The van der Waals surface area contributed by atoms with Gasteiger partial charge in [-0.1, -0.05) is 0 Å². The van der Waals surface area contributed by atoms with E-state index in [4.69, 9.17) is 0 Å². The second kappa shape index (κ2) is 17.1. The first-order valence-electron chi connectivity index (χ1n) is 12.3. The van der Waals surface area contributed by atoms with Gasteiger partial charge in [-0.2, -0.15) is 0 Å². The molecular formula is C24H52IP. The first-order chi connectivity index (χ1) is 12.5. The third-order valence-corrected chi connectivity index (χ3v) is 17.8. The molecular weight excluding hydrogens is 446 g/mol. The maximum absolute atomic E-state index is 3.15. The van der Waals surface area contributed by atoms with E-state index in [2.05, 4.69) is 49.7 Å². The minimum absolute atomic E-state index is 1.38. The van der Waals surface area contributed by atoms with Gasteiger partial charge in [0, 0.05) is 0 Å². The van der Waals surface area contributed by atoms with Crippen molar-refractivity contribution in [1.29, 1.82) is 0 Å². The molecule has 0 aromatic rings. The summed E-state index contributed by atoms with van der Waals surface area (Å²) in [5.74, 6) is 0. The Hall–Kier alpha value is 1.16. The van der Waals surface area contributed by atoms with Gasteiger partial charge in [-0.05, 0) is 0 Å². The van der Waals surface area contributed by atoms with E-state index in [0.717, 1.165) is 0 Å². The predicted octanol–water partition coefficient (Wildman–Crippen LogP) is 10.2. The van der Waals surface area contributed by atoms with Gasteiger partial charge in [0.15, 0.2) is 0 Å². The standard InChI is InChI=1S/C24H52IP/c1-5-9-13-17-21-26(25,22-18-14-10-6-2,23-19-15-11-7-3)24-20-16-12-8-4/h5-24H2,1-4H3. The van der Waals surface area contributed by atoms with Crippen LogP contribution in [0.1, 0.15) is 130 Å². The molecule has 160 valence electrons. The van der Waals surface area contributed by atoms with Gasteiger partial charge in [0.05, 0.1) is 0 Å². The van der Waals surface area contributed by atoms with Gasteiger partial charge in [-0.3, -0.25) is 0 Å². The zero-order valence-electron chi connectivity index (χ0n) is 19.0. The molecule has 0 unspecified atom stereocenters. The van der Waals surface area contributed by atoms with Gasteiger partial charge in [-0.25, -0.2) is 0 Å². The van der Waals surface area contributed by atoms with Crippen LogP contribution in [0.15, 0.2) is 0 Å². The molecule has 0 atom stereocenters. The van der Waals surface area contributed by atoms with Crippen LogP contribution < -0.4 is 0 Å². The third-order valence-electron chi connectivity index (χ3n) is 6.28. The van der Waals surface area contributed by atoms with Crippen molar-refractivity contribution in [3.8, 4) is 0 Å². The Morgan fingerprint density at radius 2 is 0.615 bits per heavy atom. The molecule has 0 radical (unpaired) electrons. The van der Waals surface area contributed by atoms with E-state index in [9.17, 15) is 0 Å².